The Morgan fingerprint density at radius 3 is 2.41 bits per heavy atom. The Morgan fingerprint density at radius 2 is 1.81 bits per heavy atom. The molecule has 0 bridgehead atoms. The van der Waals surface area contributed by atoms with Gasteiger partial charge in [0.2, 0.25) is 0 Å². The predicted octanol–water partition coefficient (Wildman–Crippen LogP) is 2.46. The molecule has 1 aliphatic heterocycles. The van der Waals surface area contributed by atoms with Crippen LogP contribution in [-0.4, -0.2) is 59.3 Å². The summed E-state index contributed by atoms with van der Waals surface area (Å²) in [6.45, 7) is 1.84. The number of carbonyl (C=O) groups excluding carboxylic acids is 2. The highest BCUT2D eigenvalue weighted by molar-refractivity contribution is 7.09. The molecular formula is C17H19Cl2FN4O2S. The molecule has 0 aliphatic carbocycles. The molecule has 27 heavy (non-hydrogen) atoms. The lowest BCUT2D eigenvalue weighted by Crippen LogP contribution is -2.50. The number of rotatable bonds is 4. The molecule has 0 unspecified atom stereocenters. The molecule has 3 rings (SSSR count). The van der Waals surface area contributed by atoms with Gasteiger partial charge in [0.05, 0.1) is 15.6 Å². The van der Waals surface area contributed by atoms with Gasteiger partial charge in [0, 0.05) is 38.0 Å². The maximum absolute atomic E-state index is 13.9. The second-order valence-electron chi connectivity index (χ2n) is 5.85. The fourth-order valence-electron chi connectivity index (χ4n) is 2.78. The van der Waals surface area contributed by atoms with Crippen LogP contribution in [0.4, 0.5) is 4.39 Å². The molecule has 146 valence electrons. The molecule has 1 aromatic carbocycles. The van der Waals surface area contributed by atoms with E-state index in [4.69, 9.17) is 17.3 Å². The maximum Gasteiger partial charge on any atom is 0.273 e. The van der Waals surface area contributed by atoms with Gasteiger partial charge < -0.3 is 15.5 Å². The lowest BCUT2D eigenvalue weighted by Gasteiger charge is -2.34. The summed E-state index contributed by atoms with van der Waals surface area (Å²) in [6.07, 6.45) is 0.642. The number of amides is 2. The number of hydrogen-bond acceptors (Lipinski definition) is 5. The van der Waals surface area contributed by atoms with Crippen LogP contribution < -0.4 is 5.73 Å². The molecule has 2 N–H and O–H groups in total. The van der Waals surface area contributed by atoms with Crippen molar-refractivity contribution in [2.45, 2.75) is 6.42 Å². The van der Waals surface area contributed by atoms with Crippen molar-refractivity contribution in [3.8, 4) is 0 Å². The number of piperazine rings is 1. The normalized spacial score (nSPS) is 14.0. The molecule has 0 radical (unpaired) electrons. The molecule has 10 heteroatoms. The zero-order valence-electron chi connectivity index (χ0n) is 14.4. The van der Waals surface area contributed by atoms with Crippen molar-refractivity contribution in [1.29, 1.82) is 0 Å². The quantitative estimate of drug-likeness (QED) is 0.804. The van der Waals surface area contributed by atoms with E-state index in [1.54, 1.807) is 10.3 Å². The van der Waals surface area contributed by atoms with E-state index in [1.165, 1.54) is 34.4 Å². The number of nitrogens with two attached hydrogens (primary N) is 1. The van der Waals surface area contributed by atoms with Crippen LogP contribution in [0.3, 0.4) is 0 Å². The first-order valence-electron chi connectivity index (χ1n) is 8.18. The summed E-state index contributed by atoms with van der Waals surface area (Å²) in [7, 11) is 0. The monoisotopic (exact) mass is 432 g/mol. The van der Waals surface area contributed by atoms with Crippen molar-refractivity contribution in [1.82, 2.24) is 14.8 Å². The Hall–Kier alpha value is -1.74. The van der Waals surface area contributed by atoms with Crippen LogP contribution in [0.5, 0.6) is 0 Å². The van der Waals surface area contributed by atoms with Crippen LogP contribution in [-0.2, 0) is 6.42 Å². The third-order valence-electron chi connectivity index (χ3n) is 4.16. The Labute approximate surface area is 171 Å². The molecule has 1 saturated heterocycles. The average Bonchev–Trinajstić information content (AvgIpc) is 3.10. The molecule has 1 aliphatic rings. The summed E-state index contributed by atoms with van der Waals surface area (Å²) >= 11 is 7.38. The predicted molar refractivity (Wildman–Crippen MR) is 105 cm³/mol. The minimum absolute atomic E-state index is 0. The minimum atomic E-state index is -0.643. The SMILES string of the molecule is Cl.NCCc1nc(C(=O)N2CCN(C(=O)c3c(F)cccc3Cl)CC2)cs1. The number of halogens is 3. The smallest absolute Gasteiger partial charge is 0.273 e. The van der Waals surface area contributed by atoms with Crippen molar-refractivity contribution >= 4 is 47.2 Å². The average molecular weight is 433 g/mol. The van der Waals surface area contributed by atoms with E-state index in [9.17, 15) is 14.0 Å². The summed E-state index contributed by atoms with van der Waals surface area (Å²) < 4.78 is 13.9. The van der Waals surface area contributed by atoms with Crippen LogP contribution >= 0.6 is 35.3 Å². The molecule has 2 aromatic rings. The van der Waals surface area contributed by atoms with Gasteiger partial charge in [0.15, 0.2) is 0 Å². The van der Waals surface area contributed by atoms with Crippen LogP contribution in [0, 0.1) is 5.82 Å². The summed E-state index contributed by atoms with van der Waals surface area (Å²) in [5, 5.41) is 2.64. The fraction of sp³-hybridized carbons (Fsp3) is 0.353. The molecule has 1 aromatic heterocycles. The second kappa shape index (κ2) is 9.45. The Kier molecular flexibility index (Phi) is 7.55. The van der Waals surface area contributed by atoms with Gasteiger partial charge in [0.25, 0.3) is 11.8 Å². The molecule has 2 heterocycles. The van der Waals surface area contributed by atoms with E-state index in [-0.39, 0.29) is 28.9 Å². The summed E-state index contributed by atoms with van der Waals surface area (Å²) in [5.74, 6) is -1.27. The lowest BCUT2D eigenvalue weighted by atomic mass is 10.1. The molecule has 2 amide bonds. The Morgan fingerprint density at radius 1 is 1.19 bits per heavy atom. The van der Waals surface area contributed by atoms with Gasteiger partial charge in [0.1, 0.15) is 11.5 Å². The van der Waals surface area contributed by atoms with Crippen molar-refractivity contribution in [2.75, 3.05) is 32.7 Å². The van der Waals surface area contributed by atoms with Crippen molar-refractivity contribution in [3.63, 3.8) is 0 Å². The number of thiazole rings is 1. The summed E-state index contributed by atoms with van der Waals surface area (Å²) in [6, 6.07) is 4.15. The number of aromatic nitrogens is 1. The van der Waals surface area contributed by atoms with Gasteiger partial charge in [-0.05, 0) is 18.7 Å². The molecule has 6 nitrogen and oxygen atoms in total. The van der Waals surface area contributed by atoms with Crippen LogP contribution in [0.2, 0.25) is 5.02 Å². The van der Waals surface area contributed by atoms with Gasteiger partial charge in [-0.25, -0.2) is 9.37 Å². The van der Waals surface area contributed by atoms with Gasteiger partial charge in [-0.1, -0.05) is 17.7 Å². The highest BCUT2D eigenvalue weighted by atomic mass is 35.5. The second-order valence-corrected chi connectivity index (χ2v) is 7.20. The van der Waals surface area contributed by atoms with Crippen molar-refractivity contribution in [3.05, 3.63) is 50.7 Å². The minimum Gasteiger partial charge on any atom is -0.335 e. The number of hydrogen-bond donors (Lipinski definition) is 1. The third kappa shape index (κ3) is 4.76. The first kappa shape index (κ1) is 21.6. The zero-order valence-corrected chi connectivity index (χ0v) is 16.7. The third-order valence-corrected chi connectivity index (χ3v) is 5.38. The first-order valence-corrected chi connectivity index (χ1v) is 9.44. The Balaban J connectivity index is 0.00000261. The van der Waals surface area contributed by atoms with E-state index in [1.807, 2.05) is 0 Å². The fourth-order valence-corrected chi connectivity index (χ4v) is 3.81. The van der Waals surface area contributed by atoms with Crippen LogP contribution in [0.15, 0.2) is 23.6 Å². The van der Waals surface area contributed by atoms with Crippen LogP contribution in [0.25, 0.3) is 0 Å². The lowest BCUT2D eigenvalue weighted by molar-refractivity contribution is 0.0530. The standard InChI is InChI=1S/C17H18ClFN4O2S.ClH/c18-11-2-1-3-12(19)15(11)17(25)23-8-6-22(7-9-23)16(24)13-10-26-14(21-13)4-5-20;/h1-3,10H,4-9,20H2;1H. The molecule has 0 spiro atoms. The highest BCUT2D eigenvalue weighted by Crippen LogP contribution is 2.22. The van der Waals surface area contributed by atoms with Crippen LogP contribution in [0.1, 0.15) is 25.9 Å². The van der Waals surface area contributed by atoms with Gasteiger partial charge in [-0.3, -0.25) is 9.59 Å². The molecule has 1 fully saturated rings. The van der Waals surface area contributed by atoms with Crippen molar-refractivity contribution < 1.29 is 14.0 Å². The maximum atomic E-state index is 13.9. The van der Waals surface area contributed by atoms with E-state index < -0.39 is 11.7 Å². The largest absolute Gasteiger partial charge is 0.335 e. The summed E-state index contributed by atoms with van der Waals surface area (Å²) in [4.78, 5) is 32.5. The van der Waals surface area contributed by atoms with Gasteiger partial charge in [-0.15, -0.1) is 23.7 Å². The number of benzene rings is 1. The van der Waals surface area contributed by atoms with Crippen molar-refractivity contribution in [2.24, 2.45) is 5.73 Å². The first-order chi connectivity index (χ1) is 12.5. The number of carbonyl (C=O) groups is 2. The molecular weight excluding hydrogens is 414 g/mol. The van der Waals surface area contributed by atoms with E-state index in [2.05, 4.69) is 4.98 Å². The zero-order chi connectivity index (χ0) is 18.7. The van der Waals surface area contributed by atoms with E-state index in [0.29, 0.717) is 44.8 Å². The topological polar surface area (TPSA) is 79.5 Å². The Bertz CT molecular complexity index is 805. The highest BCUT2D eigenvalue weighted by Gasteiger charge is 2.28. The molecule has 0 atom stereocenters. The molecule has 0 saturated carbocycles. The van der Waals surface area contributed by atoms with Gasteiger partial charge >= 0.3 is 0 Å². The van der Waals surface area contributed by atoms with E-state index >= 15 is 0 Å². The van der Waals surface area contributed by atoms with E-state index in [0.717, 1.165) is 5.01 Å². The summed E-state index contributed by atoms with van der Waals surface area (Å²) in [5.41, 5.74) is 5.77. The number of nitrogens with zero attached hydrogens (tertiary/aromatic N) is 3. The van der Waals surface area contributed by atoms with Gasteiger partial charge in [-0.2, -0.15) is 0 Å².